The maximum atomic E-state index is 13.1. The quantitative estimate of drug-likeness (QED) is 0.239. The van der Waals surface area contributed by atoms with Crippen LogP contribution in [0, 0.1) is 0 Å². The average Bonchev–Trinajstić information content (AvgIpc) is 3.27. The van der Waals surface area contributed by atoms with Gasteiger partial charge in [0, 0.05) is 19.7 Å². The molecule has 0 spiro atoms. The first-order chi connectivity index (χ1) is 18.4. The van der Waals surface area contributed by atoms with E-state index in [2.05, 4.69) is 15.5 Å². The zero-order valence-corrected chi connectivity index (χ0v) is 22.2. The molecule has 0 amide bonds. The van der Waals surface area contributed by atoms with Gasteiger partial charge in [-0.2, -0.15) is 10.1 Å². The zero-order valence-electron chi connectivity index (χ0n) is 22.2. The van der Waals surface area contributed by atoms with Gasteiger partial charge in [-0.3, -0.25) is 18.5 Å². The highest BCUT2D eigenvalue weighted by atomic mass is 16.5. The molecular weight excluding hydrogens is 488 g/mol. The molecule has 0 radical (unpaired) electrons. The Bertz CT molecular complexity index is 1540. The van der Waals surface area contributed by atoms with Crippen LogP contribution in [0.4, 0.5) is 5.95 Å². The fourth-order valence-electron chi connectivity index (χ4n) is 4.10. The molecule has 2 aromatic carbocycles. The van der Waals surface area contributed by atoms with Crippen molar-refractivity contribution in [2.24, 2.45) is 19.2 Å². The van der Waals surface area contributed by atoms with E-state index in [1.54, 1.807) is 17.8 Å². The summed E-state index contributed by atoms with van der Waals surface area (Å²) < 4.78 is 21.5. The largest absolute Gasteiger partial charge is 0.490 e. The summed E-state index contributed by atoms with van der Waals surface area (Å²) in [5, 5.41) is 4.39. The van der Waals surface area contributed by atoms with Gasteiger partial charge in [-0.1, -0.05) is 30.3 Å². The molecule has 0 aliphatic carbocycles. The number of hydrazone groups is 1. The fraction of sp³-hybridized carbons (Fsp3) is 0.333. The molecule has 1 N–H and O–H groups in total. The summed E-state index contributed by atoms with van der Waals surface area (Å²) in [6.07, 6.45) is 1.60. The molecule has 0 aliphatic rings. The van der Waals surface area contributed by atoms with Crippen LogP contribution >= 0.6 is 0 Å². The van der Waals surface area contributed by atoms with Crippen molar-refractivity contribution in [3.8, 4) is 17.2 Å². The van der Waals surface area contributed by atoms with Crippen molar-refractivity contribution in [2.45, 2.75) is 27.3 Å². The molecule has 0 fully saturated rings. The maximum Gasteiger partial charge on any atom is 0.332 e. The Balaban J connectivity index is 1.76. The summed E-state index contributed by atoms with van der Waals surface area (Å²) in [7, 11) is 3.04. The number of nitrogens with one attached hydrogen (secondary N) is 1. The van der Waals surface area contributed by atoms with E-state index in [-0.39, 0.29) is 5.65 Å². The summed E-state index contributed by atoms with van der Waals surface area (Å²) in [6.45, 7) is 7.43. The van der Waals surface area contributed by atoms with Gasteiger partial charge in [0.15, 0.2) is 22.7 Å². The number of rotatable bonds is 11. The third-order valence-electron chi connectivity index (χ3n) is 5.84. The van der Waals surface area contributed by atoms with Gasteiger partial charge in [-0.15, -0.1) is 0 Å². The van der Waals surface area contributed by atoms with Crippen LogP contribution in [-0.2, 0) is 20.6 Å². The van der Waals surface area contributed by atoms with Crippen LogP contribution in [0.1, 0.15) is 31.9 Å². The molecule has 11 heteroatoms. The van der Waals surface area contributed by atoms with Crippen LogP contribution in [0.3, 0.4) is 0 Å². The van der Waals surface area contributed by atoms with E-state index < -0.39 is 11.2 Å². The molecule has 2 aromatic heterocycles. The highest BCUT2D eigenvalue weighted by Crippen LogP contribution is 2.38. The SMILES string of the molecule is CCOc1cc(/C=N\Nc2nc3c(c(=O)n(C)c(=O)n3C)n2Cc2ccccc2)cc(OCC)c1OCC. The number of benzene rings is 2. The topological polar surface area (TPSA) is 114 Å². The van der Waals surface area contributed by atoms with Gasteiger partial charge in [-0.05, 0) is 38.5 Å². The minimum atomic E-state index is -0.455. The molecule has 4 rings (SSSR count). The van der Waals surface area contributed by atoms with Crippen LogP contribution in [-0.4, -0.2) is 44.7 Å². The van der Waals surface area contributed by atoms with Crippen molar-refractivity contribution in [3.05, 3.63) is 74.4 Å². The molecular formula is C27H32N6O5. The number of nitrogens with zero attached hydrogens (tertiary/aromatic N) is 5. The van der Waals surface area contributed by atoms with Gasteiger partial charge in [0.1, 0.15) is 0 Å². The average molecular weight is 521 g/mol. The van der Waals surface area contributed by atoms with Crippen molar-refractivity contribution >= 4 is 23.3 Å². The molecule has 200 valence electrons. The van der Waals surface area contributed by atoms with Crippen LogP contribution in [0.15, 0.2) is 57.2 Å². The monoisotopic (exact) mass is 520 g/mol. The van der Waals surface area contributed by atoms with Gasteiger partial charge in [-0.25, -0.2) is 10.2 Å². The number of hydrogen-bond acceptors (Lipinski definition) is 8. The number of imidazole rings is 1. The number of anilines is 1. The highest BCUT2D eigenvalue weighted by molar-refractivity contribution is 5.83. The minimum Gasteiger partial charge on any atom is -0.490 e. The van der Waals surface area contributed by atoms with Crippen molar-refractivity contribution in [1.82, 2.24) is 18.7 Å². The highest BCUT2D eigenvalue weighted by Gasteiger charge is 2.19. The molecule has 0 saturated carbocycles. The Kier molecular flexibility index (Phi) is 8.15. The number of fused-ring (bicyclic) bond motifs is 1. The second-order valence-electron chi connectivity index (χ2n) is 8.40. The molecule has 0 bridgehead atoms. The normalized spacial score (nSPS) is 11.3. The standard InChI is InChI=1S/C27H32N6O5/c1-6-36-20-14-19(15-21(37-7-2)23(20)38-8-3)16-28-30-26-29-24-22(25(34)32(5)27(35)31(24)4)33(26)17-18-12-10-9-11-13-18/h9-16H,6-8,17H2,1-5H3,(H,29,30)/b28-16-. The molecule has 0 atom stereocenters. The van der Waals surface area contributed by atoms with Crippen LogP contribution < -0.4 is 30.9 Å². The lowest BCUT2D eigenvalue weighted by Crippen LogP contribution is -2.37. The summed E-state index contributed by atoms with van der Waals surface area (Å²) in [5.41, 5.74) is 4.31. The van der Waals surface area contributed by atoms with Gasteiger partial charge < -0.3 is 14.2 Å². The molecule has 4 aromatic rings. The van der Waals surface area contributed by atoms with Crippen molar-refractivity contribution in [1.29, 1.82) is 0 Å². The molecule has 0 aliphatic heterocycles. The van der Waals surface area contributed by atoms with Crippen molar-refractivity contribution in [3.63, 3.8) is 0 Å². The van der Waals surface area contributed by atoms with Crippen LogP contribution in [0.5, 0.6) is 17.2 Å². The Morgan fingerprint density at radius 3 is 2.16 bits per heavy atom. The lowest BCUT2D eigenvalue weighted by atomic mass is 10.2. The molecule has 11 nitrogen and oxygen atoms in total. The second-order valence-corrected chi connectivity index (χ2v) is 8.40. The van der Waals surface area contributed by atoms with Gasteiger partial charge in [0.2, 0.25) is 11.7 Å². The number of hydrogen-bond donors (Lipinski definition) is 1. The smallest absolute Gasteiger partial charge is 0.332 e. The van der Waals surface area contributed by atoms with E-state index in [1.807, 2.05) is 63.2 Å². The fourth-order valence-corrected chi connectivity index (χ4v) is 4.10. The van der Waals surface area contributed by atoms with Crippen LogP contribution in [0.25, 0.3) is 11.2 Å². The Morgan fingerprint density at radius 1 is 0.921 bits per heavy atom. The minimum absolute atomic E-state index is 0.269. The van der Waals surface area contributed by atoms with Crippen molar-refractivity contribution in [2.75, 3.05) is 25.2 Å². The Morgan fingerprint density at radius 2 is 1.55 bits per heavy atom. The number of aryl methyl sites for hydroxylation is 1. The van der Waals surface area contributed by atoms with Gasteiger partial charge >= 0.3 is 5.69 Å². The maximum absolute atomic E-state index is 13.1. The second kappa shape index (κ2) is 11.7. The first kappa shape index (κ1) is 26.5. The van der Waals surface area contributed by atoms with Crippen molar-refractivity contribution < 1.29 is 14.2 Å². The Labute approximate surface area is 219 Å². The lowest BCUT2D eigenvalue weighted by molar-refractivity contribution is 0.261. The number of ether oxygens (including phenoxy) is 3. The van der Waals surface area contributed by atoms with E-state index in [9.17, 15) is 9.59 Å². The Hall–Kier alpha value is -4.54. The third-order valence-corrected chi connectivity index (χ3v) is 5.84. The van der Waals surface area contributed by atoms with E-state index >= 15 is 0 Å². The summed E-state index contributed by atoms with van der Waals surface area (Å²) in [4.78, 5) is 30.2. The van der Waals surface area contributed by atoms with E-state index in [1.165, 1.54) is 11.6 Å². The first-order valence-electron chi connectivity index (χ1n) is 12.4. The molecule has 0 unspecified atom stereocenters. The molecule has 0 saturated heterocycles. The zero-order chi connectivity index (χ0) is 27.2. The van der Waals surface area contributed by atoms with Gasteiger partial charge in [0.25, 0.3) is 5.56 Å². The van der Waals surface area contributed by atoms with E-state index in [0.717, 1.165) is 10.1 Å². The van der Waals surface area contributed by atoms with E-state index in [4.69, 9.17) is 14.2 Å². The third kappa shape index (κ3) is 5.26. The summed E-state index contributed by atoms with van der Waals surface area (Å²) in [5.74, 6) is 1.97. The molecule has 2 heterocycles. The lowest BCUT2D eigenvalue weighted by Gasteiger charge is -2.16. The number of aromatic nitrogens is 4. The predicted molar refractivity (Wildman–Crippen MR) is 147 cm³/mol. The van der Waals surface area contributed by atoms with Gasteiger partial charge in [0.05, 0.1) is 32.6 Å². The molecule has 38 heavy (non-hydrogen) atoms. The van der Waals surface area contributed by atoms with Crippen LogP contribution in [0.2, 0.25) is 0 Å². The first-order valence-corrected chi connectivity index (χ1v) is 12.4. The summed E-state index contributed by atoms with van der Waals surface area (Å²) in [6, 6.07) is 13.3. The summed E-state index contributed by atoms with van der Waals surface area (Å²) >= 11 is 0. The predicted octanol–water partition coefficient (Wildman–Crippen LogP) is 3.12. The van der Waals surface area contributed by atoms with E-state index in [0.29, 0.717) is 60.6 Å².